The number of imidazole rings is 1. The minimum atomic E-state index is 0.614. The molecule has 2 heterocycles. The van der Waals surface area contributed by atoms with Crippen molar-refractivity contribution in [2.24, 2.45) is 5.92 Å². The average molecular weight is 356 g/mol. The normalized spacial score (nSPS) is 20.7. The molecule has 0 spiro atoms. The number of aromatic nitrogens is 3. The van der Waals surface area contributed by atoms with Gasteiger partial charge in [0.2, 0.25) is 5.88 Å². The van der Waals surface area contributed by atoms with E-state index in [4.69, 9.17) is 21.3 Å². The summed E-state index contributed by atoms with van der Waals surface area (Å²) in [4.78, 5) is 12.3. The predicted octanol–water partition coefficient (Wildman–Crippen LogP) is 5.14. The number of methoxy groups -OCH3 is 1. The number of benzene rings is 1. The molecule has 0 amide bonds. The Bertz CT molecular complexity index is 868. The Balaban J connectivity index is 1.39. The summed E-state index contributed by atoms with van der Waals surface area (Å²) in [5.74, 6) is 3.09. The van der Waals surface area contributed by atoms with Crippen LogP contribution in [0.4, 0.5) is 0 Å². The molecule has 0 radical (unpaired) electrons. The number of H-pyrrole nitrogens is 1. The first-order valence-corrected chi connectivity index (χ1v) is 9.23. The van der Waals surface area contributed by atoms with Gasteiger partial charge >= 0.3 is 0 Å². The van der Waals surface area contributed by atoms with Gasteiger partial charge in [0.15, 0.2) is 0 Å². The highest BCUT2D eigenvalue weighted by Gasteiger charge is 2.23. The summed E-state index contributed by atoms with van der Waals surface area (Å²) >= 11 is 6.05. The molecule has 4 nitrogen and oxygen atoms in total. The van der Waals surface area contributed by atoms with Crippen molar-refractivity contribution in [1.29, 1.82) is 0 Å². The molecule has 0 bridgehead atoms. The van der Waals surface area contributed by atoms with Crippen molar-refractivity contribution in [1.82, 2.24) is 15.0 Å². The Labute approximate surface area is 152 Å². The van der Waals surface area contributed by atoms with Gasteiger partial charge in [-0.25, -0.2) is 9.97 Å². The minimum Gasteiger partial charge on any atom is -0.481 e. The standard InChI is InChI=1S/C20H22ClN3O/c1-25-20-11-15(8-9-22-20)14-4-2-13(3-5-14)10-19-23-17-7-6-16(21)12-18(17)24-19/h6-9,11-14H,2-5,10H2,1H3,(H,23,24). The van der Waals surface area contributed by atoms with Crippen molar-refractivity contribution < 1.29 is 4.74 Å². The third-order valence-corrected chi connectivity index (χ3v) is 5.50. The predicted molar refractivity (Wildman–Crippen MR) is 100 cm³/mol. The largest absolute Gasteiger partial charge is 0.481 e. The lowest BCUT2D eigenvalue weighted by atomic mass is 9.77. The molecule has 5 heteroatoms. The molecule has 3 aromatic rings. The zero-order valence-electron chi connectivity index (χ0n) is 14.3. The van der Waals surface area contributed by atoms with Crippen LogP contribution in [-0.2, 0) is 6.42 Å². The minimum absolute atomic E-state index is 0.614. The lowest BCUT2D eigenvalue weighted by molar-refractivity contribution is 0.320. The van der Waals surface area contributed by atoms with Gasteiger partial charge in [0.1, 0.15) is 5.82 Å². The molecule has 0 aliphatic heterocycles. The maximum absolute atomic E-state index is 6.05. The van der Waals surface area contributed by atoms with Crippen molar-refractivity contribution in [3.05, 3.63) is 52.9 Å². The van der Waals surface area contributed by atoms with Crippen LogP contribution in [0, 0.1) is 5.92 Å². The molecule has 4 rings (SSSR count). The summed E-state index contributed by atoms with van der Waals surface area (Å²) in [5.41, 5.74) is 3.38. The second-order valence-corrected chi connectivity index (χ2v) is 7.33. The second-order valence-electron chi connectivity index (χ2n) is 6.90. The molecular formula is C20H22ClN3O. The second kappa shape index (κ2) is 7.04. The van der Waals surface area contributed by atoms with E-state index in [2.05, 4.69) is 22.1 Å². The van der Waals surface area contributed by atoms with Crippen molar-refractivity contribution in [2.75, 3.05) is 7.11 Å². The van der Waals surface area contributed by atoms with Gasteiger partial charge < -0.3 is 9.72 Å². The zero-order valence-corrected chi connectivity index (χ0v) is 15.1. The van der Waals surface area contributed by atoms with E-state index in [-0.39, 0.29) is 0 Å². The number of hydrogen-bond donors (Lipinski definition) is 1. The highest BCUT2D eigenvalue weighted by Crippen LogP contribution is 2.37. The van der Waals surface area contributed by atoms with Crippen molar-refractivity contribution >= 4 is 22.6 Å². The van der Waals surface area contributed by atoms with Crippen molar-refractivity contribution in [2.45, 2.75) is 38.0 Å². The molecule has 1 aliphatic carbocycles. The van der Waals surface area contributed by atoms with Crippen molar-refractivity contribution in [3.8, 4) is 5.88 Å². The maximum Gasteiger partial charge on any atom is 0.213 e. The fraction of sp³-hybridized carbons (Fsp3) is 0.400. The molecule has 0 unspecified atom stereocenters. The van der Waals surface area contributed by atoms with Gasteiger partial charge in [-0.2, -0.15) is 0 Å². The first kappa shape index (κ1) is 16.4. The molecule has 25 heavy (non-hydrogen) atoms. The SMILES string of the molecule is COc1cc(C2CCC(Cc3nc4ccc(Cl)cc4[nH]3)CC2)ccn1. The Morgan fingerprint density at radius 2 is 2.00 bits per heavy atom. The quantitative estimate of drug-likeness (QED) is 0.705. The summed E-state index contributed by atoms with van der Waals surface area (Å²) in [6, 6.07) is 10.0. The smallest absolute Gasteiger partial charge is 0.213 e. The molecule has 1 fully saturated rings. The molecule has 1 N–H and O–H groups in total. The first-order chi connectivity index (χ1) is 12.2. The fourth-order valence-electron chi connectivity index (χ4n) is 3.90. The Morgan fingerprint density at radius 3 is 2.80 bits per heavy atom. The van der Waals surface area contributed by atoms with E-state index in [0.717, 1.165) is 28.3 Å². The molecule has 1 saturated carbocycles. The van der Waals surface area contributed by atoms with E-state index in [0.29, 0.717) is 17.7 Å². The number of fused-ring (bicyclic) bond motifs is 1. The van der Waals surface area contributed by atoms with E-state index >= 15 is 0 Å². The van der Waals surface area contributed by atoms with E-state index in [9.17, 15) is 0 Å². The Morgan fingerprint density at radius 1 is 1.16 bits per heavy atom. The number of halogens is 1. The average Bonchev–Trinajstić information content (AvgIpc) is 3.03. The van der Waals surface area contributed by atoms with Gasteiger partial charge in [-0.1, -0.05) is 11.6 Å². The van der Waals surface area contributed by atoms with Crippen LogP contribution in [0.15, 0.2) is 36.5 Å². The summed E-state index contributed by atoms with van der Waals surface area (Å²) < 4.78 is 5.25. The molecule has 1 aliphatic rings. The van der Waals surface area contributed by atoms with Crippen LogP contribution in [0.2, 0.25) is 5.02 Å². The highest BCUT2D eigenvalue weighted by molar-refractivity contribution is 6.31. The lowest BCUT2D eigenvalue weighted by Gasteiger charge is -2.28. The molecule has 130 valence electrons. The molecule has 1 aromatic carbocycles. The van der Waals surface area contributed by atoms with Crippen LogP contribution >= 0.6 is 11.6 Å². The first-order valence-electron chi connectivity index (χ1n) is 8.85. The van der Waals surface area contributed by atoms with Gasteiger partial charge in [0, 0.05) is 23.7 Å². The van der Waals surface area contributed by atoms with Crippen LogP contribution < -0.4 is 4.74 Å². The lowest BCUT2D eigenvalue weighted by Crippen LogP contribution is -2.16. The Hall–Kier alpha value is -2.07. The number of nitrogens with one attached hydrogen (secondary N) is 1. The maximum atomic E-state index is 6.05. The molecule has 0 saturated heterocycles. The number of rotatable bonds is 4. The number of pyridine rings is 1. The van der Waals surface area contributed by atoms with Gasteiger partial charge in [0.25, 0.3) is 0 Å². The number of ether oxygens (including phenoxy) is 1. The van der Waals surface area contributed by atoms with Gasteiger partial charge in [-0.05, 0) is 67.3 Å². The Kier molecular flexibility index (Phi) is 4.62. The number of aromatic amines is 1. The van der Waals surface area contributed by atoms with Crippen LogP contribution in [0.1, 0.15) is 43.0 Å². The van der Waals surface area contributed by atoms with Crippen LogP contribution in [-0.4, -0.2) is 22.1 Å². The van der Waals surface area contributed by atoms with E-state index in [1.54, 1.807) is 7.11 Å². The molecule has 2 aromatic heterocycles. The van der Waals surface area contributed by atoms with Crippen LogP contribution in [0.25, 0.3) is 11.0 Å². The third kappa shape index (κ3) is 3.64. The monoisotopic (exact) mass is 355 g/mol. The summed E-state index contributed by atoms with van der Waals surface area (Å²) in [5, 5.41) is 0.746. The molecular weight excluding hydrogens is 334 g/mol. The van der Waals surface area contributed by atoms with Crippen LogP contribution in [0.3, 0.4) is 0 Å². The molecule has 0 atom stereocenters. The highest BCUT2D eigenvalue weighted by atomic mass is 35.5. The summed E-state index contributed by atoms with van der Waals surface area (Å²) in [7, 11) is 1.67. The number of nitrogens with zero attached hydrogens (tertiary/aromatic N) is 2. The fourth-order valence-corrected chi connectivity index (χ4v) is 4.07. The number of hydrogen-bond acceptors (Lipinski definition) is 3. The van der Waals surface area contributed by atoms with Crippen LogP contribution in [0.5, 0.6) is 5.88 Å². The third-order valence-electron chi connectivity index (χ3n) is 5.26. The van der Waals surface area contributed by atoms with Crippen molar-refractivity contribution in [3.63, 3.8) is 0 Å². The van der Waals surface area contributed by atoms with Gasteiger partial charge in [-0.15, -0.1) is 0 Å². The van der Waals surface area contributed by atoms with Gasteiger partial charge in [0.05, 0.1) is 18.1 Å². The summed E-state index contributed by atoms with van der Waals surface area (Å²) in [6.45, 7) is 0. The van der Waals surface area contributed by atoms with E-state index in [1.165, 1.54) is 31.2 Å². The summed E-state index contributed by atoms with van der Waals surface area (Å²) in [6.07, 6.45) is 7.74. The van der Waals surface area contributed by atoms with Gasteiger partial charge in [-0.3, -0.25) is 0 Å². The van der Waals surface area contributed by atoms with E-state index < -0.39 is 0 Å². The van der Waals surface area contributed by atoms with E-state index in [1.807, 2.05) is 24.4 Å². The zero-order chi connectivity index (χ0) is 17.2. The topological polar surface area (TPSA) is 50.8 Å².